The van der Waals surface area contributed by atoms with Crippen LogP contribution in [0.2, 0.25) is 0 Å². The molecule has 16 heavy (non-hydrogen) atoms. The second-order valence-corrected chi connectivity index (χ2v) is 4.01. The maximum atomic E-state index is 5.48. The summed E-state index contributed by atoms with van der Waals surface area (Å²) in [6.07, 6.45) is 0.841. The second-order valence-electron chi connectivity index (χ2n) is 4.01. The van der Waals surface area contributed by atoms with Crippen molar-refractivity contribution in [3.63, 3.8) is 0 Å². The van der Waals surface area contributed by atoms with Crippen molar-refractivity contribution >= 4 is 11.6 Å². The van der Waals surface area contributed by atoms with Gasteiger partial charge >= 0.3 is 0 Å². The van der Waals surface area contributed by atoms with Crippen LogP contribution in [-0.4, -0.2) is 21.7 Å². The van der Waals surface area contributed by atoms with Crippen molar-refractivity contribution in [2.45, 2.75) is 12.3 Å². The number of nitrogens with two attached hydrogens (primary N) is 1. The van der Waals surface area contributed by atoms with Gasteiger partial charge in [0.05, 0.1) is 0 Å². The summed E-state index contributed by atoms with van der Waals surface area (Å²) in [7, 11) is 0. The van der Waals surface area contributed by atoms with Crippen molar-refractivity contribution in [1.29, 1.82) is 0 Å². The van der Waals surface area contributed by atoms with Crippen molar-refractivity contribution in [2.75, 3.05) is 17.6 Å². The van der Waals surface area contributed by atoms with Crippen LogP contribution in [0.1, 0.15) is 17.3 Å². The first-order valence-corrected chi connectivity index (χ1v) is 5.32. The molecule has 0 aliphatic carbocycles. The van der Waals surface area contributed by atoms with Gasteiger partial charge in [-0.2, -0.15) is 4.98 Å². The van der Waals surface area contributed by atoms with Crippen LogP contribution in [0.25, 0.3) is 0 Å². The van der Waals surface area contributed by atoms with E-state index in [9.17, 15) is 0 Å². The molecule has 82 valence electrons. The molecular formula is C11H13N5. The fourth-order valence-electron chi connectivity index (χ4n) is 2.17. The highest BCUT2D eigenvalue weighted by Crippen LogP contribution is 2.32. The molecule has 0 bridgehead atoms. The third kappa shape index (κ3) is 1.50. The molecule has 0 fully saturated rings. The molecule has 1 aliphatic heterocycles. The molecule has 0 saturated heterocycles. The summed E-state index contributed by atoms with van der Waals surface area (Å²) < 4.78 is 0. The second kappa shape index (κ2) is 3.52. The van der Waals surface area contributed by atoms with E-state index in [0.717, 1.165) is 18.8 Å². The fraction of sp³-hybridized carbons (Fsp3) is 0.273. The molecule has 0 amide bonds. The number of hydrogen-bond donors (Lipinski definition) is 3. The molecule has 1 aromatic heterocycles. The van der Waals surface area contributed by atoms with Crippen molar-refractivity contribution in [3.05, 3.63) is 35.7 Å². The molecule has 1 atom stereocenters. The van der Waals surface area contributed by atoms with Gasteiger partial charge < -0.3 is 11.1 Å². The van der Waals surface area contributed by atoms with E-state index in [2.05, 4.69) is 38.7 Å². The number of aromatic nitrogens is 3. The maximum Gasteiger partial charge on any atom is 0.239 e. The molecule has 2 aromatic rings. The minimum absolute atomic E-state index is 0.314. The number of para-hydroxylation sites is 1. The molecular weight excluding hydrogens is 202 g/mol. The highest BCUT2D eigenvalue weighted by atomic mass is 15.3. The van der Waals surface area contributed by atoms with Crippen LogP contribution < -0.4 is 11.1 Å². The zero-order valence-corrected chi connectivity index (χ0v) is 8.77. The van der Waals surface area contributed by atoms with Crippen LogP contribution in [-0.2, 0) is 6.42 Å². The molecule has 1 aliphatic rings. The van der Waals surface area contributed by atoms with Crippen LogP contribution in [0.15, 0.2) is 24.3 Å². The molecule has 1 unspecified atom stereocenters. The zero-order valence-electron chi connectivity index (χ0n) is 8.77. The first-order valence-electron chi connectivity index (χ1n) is 5.32. The topological polar surface area (TPSA) is 79.6 Å². The highest BCUT2D eigenvalue weighted by molar-refractivity contribution is 5.57. The van der Waals surface area contributed by atoms with E-state index < -0.39 is 0 Å². The Labute approximate surface area is 93.1 Å². The predicted molar refractivity (Wildman–Crippen MR) is 62.2 cm³/mol. The first-order chi connectivity index (χ1) is 7.83. The number of H-pyrrole nitrogens is 1. The normalized spacial score (nSPS) is 18.1. The van der Waals surface area contributed by atoms with Gasteiger partial charge in [-0.25, -0.2) is 0 Å². The Kier molecular flexibility index (Phi) is 2.02. The van der Waals surface area contributed by atoms with Crippen LogP contribution in [0.5, 0.6) is 0 Å². The molecule has 4 N–H and O–H groups in total. The summed E-state index contributed by atoms with van der Waals surface area (Å²) in [5.41, 5.74) is 8.05. The van der Waals surface area contributed by atoms with Gasteiger partial charge in [0.1, 0.15) is 5.82 Å². The minimum Gasteiger partial charge on any atom is -0.384 e. The van der Waals surface area contributed by atoms with Crippen LogP contribution in [0.3, 0.4) is 0 Å². The third-order valence-corrected chi connectivity index (χ3v) is 2.93. The Morgan fingerprint density at radius 3 is 3.06 bits per heavy atom. The summed E-state index contributed by atoms with van der Waals surface area (Å²) in [5, 5.41) is 10.1. The van der Waals surface area contributed by atoms with Gasteiger partial charge in [-0.15, -0.1) is 5.10 Å². The van der Waals surface area contributed by atoms with E-state index in [4.69, 9.17) is 5.73 Å². The lowest BCUT2D eigenvalue weighted by atomic mass is 9.98. The number of anilines is 2. The number of hydrogen-bond acceptors (Lipinski definition) is 4. The maximum absolute atomic E-state index is 5.48. The number of nitrogens with one attached hydrogen (secondary N) is 2. The Morgan fingerprint density at radius 1 is 1.38 bits per heavy atom. The largest absolute Gasteiger partial charge is 0.384 e. The van der Waals surface area contributed by atoms with Gasteiger partial charge in [0.15, 0.2) is 0 Å². The average molecular weight is 215 g/mol. The molecule has 1 aromatic carbocycles. The van der Waals surface area contributed by atoms with E-state index in [1.807, 2.05) is 6.07 Å². The van der Waals surface area contributed by atoms with Gasteiger partial charge in [-0.1, -0.05) is 18.2 Å². The number of fused-ring (bicyclic) bond motifs is 1. The summed E-state index contributed by atoms with van der Waals surface area (Å²) in [6.45, 7) is 0.944. The van der Waals surface area contributed by atoms with E-state index >= 15 is 0 Å². The molecule has 5 heteroatoms. The van der Waals surface area contributed by atoms with Gasteiger partial charge in [0, 0.05) is 24.6 Å². The summed E-state index contributed by atoms with van der Waals surface area (Å²) in [6, 6.07) is 8.36. The van der Waals surface area contributed by atoms with Crippen molar-refractivity contribution < 1.29 is 0 Å². The highest BCUT2D eigenvalue weighted by Gasteiger charge is 2.22. The quantitative estimate of drug-likeness (QED) is 0.701. The molecule has 0 radical (unpaired) electrons. The predicted octanol–water partition coefficient (Wildman–Crippen LogP) is 1.14. The lowest BCUT2D eigenvalue weighted by Gasteiger charge is -2.06. The molecule has 3 rings (SSSR count). The Hall–Kier alpha value is -2.04. The Bertz CT molecular complexity index is 505. The van der Waals surface area contributed by atoms with Crippen molar-refractivity contribution in [1.82, 2.24) is 15.2 Å². The van der Waals surface area contributed by atoms with E-state index in [-0.39, 0.29) is 0 Å². The fourth-order valence-corrected chi connectivity index (χ4v) is 2.17. The number of nitrogen functional groups attached to an aromatic ring is 1. The Balaban J connectivity index is 1.83. The van der Waals surface area contributed by atoms with Gasteiger partial charge in [0.25, 0.3) is 0 Å². The standard InChI is InChI=1S/C11H13N5/c12-11-14-10(15-16-11)5-7-6-13-9-4-2-1-3-8(7)9/h1-4,7,13H,5-6H2,(H3,12,14,15,16). The van der Waals surface area contributed by atoms with Crippen LogP contribution in [0.4, 0.5) is 11.6 Å². The third-order valence-electron chi connectivity index (χ3n) is 2.93. The lowest BCUT2D eigenvalue weighted by molar-refractivity contribution is 0.715. The minimum atomic E-state index is 0.314. The SMILES string of the molecule is Nc1n[nH]c(CC2CNc3ccccc32)n1. The van der Waals surface area contributed by atoms with E-state index in [1.165, 1.54) is 11.3 Å². The molecule has 0 spiro atoms. The number of rotatable bonds is 2. The van der Waals surface area contributed by atoms with Crippen molar-refractivity contribution in [3.8, 4) is 0 Å². The molecule has 0 saturated carbocycles. The van der Waals surface area contributed by atoms with Crippen LogP contribution >= 0.6 is 0 Å². The number of aromatic amines is 1. The summed E-state index contributed by atoms with van der Waals surface area (Å²) in [5.74, 6) is 1.61. The van der Waals surface area contributed by atoms with Gasteiger partial charge in [-0.05, 0) is 11.6 Å². The number of benzene rings is 1. The summed E-state index contributed by atoms with van der Waals surface area (Å²) in [4.78, 5) is 4.13. The van der Waals surface area contributed by atoms with Crippen LogP contribution in [0, 0.1) is 0 Å². The van der Waals surface area contributed by atoms with E-state index in [0.29, 0.717) is 11.9 Å². The summed E-state index contributed by atoms with van der Waals surface area (Å²) >= 11 is 0. The zero-order chi connectivity index (χ0) is 11.0. The van der Waals surface area contributed by atoms with Crippen molar-refractivity contribution in [2.24, 2.45) is 0 Å². The lowest BCUT2D eigenvalue weighted by Crippen LogP contribution is -2.06. The average Bonchev–Trinajstić information content (AvgIpc) is 2.87. The number of nitrogens with zero attached hydrogens (tertiary/aromatic N) is 2. The van der Waals surface area contributed by atoms with Gasteiger partial charge in [-0.3, -0.25) is 5.10 Å². The smallest absolute Gasteiger partial charge is 0.239 e. The Morgan fingerprint density at radius 2 is 2.25 bits per heavy atom. The molecule has 5 nitrogen and oxygen atoms in total. The van der Waals surface area contributed by atoms with E-state index in [1.54, 1.807) is 0 Å². The molecule has 2 heterocycles. The first kappa shape index (κ1) is 9.21. The monoisotopic (exact) mass is 215 g/mol. The van der Waals surface area contributed by atoms with Gasteiger partial charge in [0.2, 0.25) is 5.95 Å².